The minimum atomic E-state index is 0. The molecule has 0 saturated heterocycles. The van der Waals surface area contributed by atoms with E-state index in [1.807, 2.05) is 0 Å². The van der Waals surface area contributed by atoms with Crippen LogP contribution in [0.3, 0.4) is 0 Å². The van der Waals surface area contributed by atoms with Gasteiger partial charge >= 0.3 is 103 Å². The van der Waals surface area contributed by atoms with Crippen LogP contribution in [0.5, 0.6) is 0 Å². The standard InChI is InChI=1S/C14H21P.2K/c1-13(2,3)10-8-7-9-11(12(10)15)14(4,5)6;;/h7-9H,1-6H3;;/q-2;2*+1. The molecule has 0 aromatic heterocycles. The SMILES string of the molecule is CC(C)(C)c1cccc(C(C)(C)C)c1[P-2].[K+].[K+]. The monoisotopic (exact) mass is 298 g/mol. The van der Waals surface area contributed by atoms with E-state index in [1.165, 1.54) is 11.1 Å². The smallest absolute Gasteiger partial charge is 1.00 e. The number of hydrogen-bond acceptors (Lipinski definition) is 0. The molecule has 0 nitrogen and oxygen atoms in total. The van der Waals surface area contributed by atoms with Gasteiger partial charge in [-0.3, -0.25) is 0 Å². The predicted octanol–water partition coefficient (Wildman–Crippen LogP) is -1.67. The van der Waals surface area contributed by atoms with Gasteiger partial charge in [-0.15, -0.1) is 0 Å². The zero-order chi connectivity index (χ0) is 11.9. The third-order valence-corrected chi connectivity index (χ3v) is 3.13. The first-order valence-electron chi connectivity index (χ1n) is 5.47. The summed E-state index contributed by atoms with van der Waals surface area (Å²) in [7, 11) is 4.70. The Labute approximate surface area is 195 Å². The molecule has 17 heavy (non-hydrogen) atoms. The Morgan fingerprint density at radius 3 is 1.29 bits per heavy atom. The summed E-state index contributed by atoms with van der Waals surface area (Å²) in [4.78, 5) is 0. The molecular formula is C14H21K2P. The van der Waals surface area contributed by atoms with Crippen LogP contribution in [0.4, 0.5) is 0 Å². The van der Waals surface area contributed by atoms with Gasteiger partial charge in [-0.1, -0.05) is 70.9 Å². The van der Waals surface area contributed by atoms with E-state index in [2.05, 4.69) is 59.7 Å². The number of rotatable bonds is 0. The summed E-state index contributed by atoms with van der Waals surface area (Å²) >= 11 is 0. The van der Waals surface area contributed by atoms with Gasteiger partial charge in [0.05, 0.1) is 0 Å². The van der Waals surface area contributed by atoms with Gasteiger partial charge in [-0.2, -0.15) is 0 Å². The summed E-state index contributed by atoms with van der Waals surface area (Å²) in [6, 6.07) is 6.50. The Balaban J connectivity index is 0. The summed E-state index contributed by atoms with van der Waals surface area (Å²) < 4.78 is 0. The normalized spacial score (nSPS) is 11.5. The second-order valence-corrected chi connectivity index (χ2v) is 6.65. The van der Waals surface area contributed by atoms with Crippen molar-refractivity contribution in [3.05, 3.63) is 29.3 Å². The van der Waals surface area contributed by atoms with Crippen molar-refractivity contribution in [2.45, 2.75) is 52.4 Å². The Morgan fingerprint density at radius 2 is 1.06 bits per heavy atom. The van der Waals surface area contributed by atoms with E-state index in [0.29, 0.717) is 0 Å². The molecule has 1 aromatic carbocycles. The topological polar surface area (TPSA) is 0 Å². The molecule has 0 heterocycles. The molecule has 1 rings (SSSR count). The van der Waals surface area contributed by atoms with Crippen molar-refractivity contribution >= 4 is 14.5 Å². The molecule has 84 valence electrons. The number of hydrogen-bond donors (Lipinski definition) is 0. The third-order valence-electron chi connectivity index (χ3n) is 2.65. The van der Waals surface area contributed by atoms with Crippen molar-refractivity contribution in [1.82, 2.24) is 0 Å². The van der Waals surface area contributed by atoms with Gasteiger partial charge in [0.2, 0.25) is 0 Å². The molecule has 0 aliphatic heterocycles. The Kier molecular flexibility index (Phi) is 11.0. The van der Waals surface area contributed by atoms with E-state index in [1.54, 1.807) is 0 Å². The number of benzene rings is 1. The van der Waals surface area contributed by atoms with Crippen molar-refractivity contribution in [2.75, 3.05) is 0 Å². The Hall–Kier alpha value is 2.92. The Morgan fingerprint density at radius 1 is 0.765 bits per heavy atom. The van der Waals surface area contributed by atoms with E-state index in [9.17, 15) is 0 Å². The van der Waals surface area contributed by atoms with Gasteiger partial charge in [0.15, 0.2) is 0 Å². The van der Waals surface area contributed by atoms with Crippen LogP contribution >= 0.6 is 9.24 Å². The summed E-state index contributed by atoms with van der Waals surface area (Å²) in [5, 5.41) is 1.15. The minimum absolute atomic E-state index is 0. The molecule has 0 atom stereocenters. The van der Waals surface area contributed by atoms with E-state index in [-0.39, 0.29) is 114 Å². The molecule has 0 N–H and O–H groups in total. The second kappa shape index (κ2) is 8.39. The van der Waals surface area contributed by atoms with Crippen LogP contribution in [0, 0.1) is 0 Å². The molecule has 0 saturated carbocycles. The predicted molar refractivity (Wildman–Crippen MR) is 70.4 cm³/mol. The van der Waals surface area contributed by atoms with Crippen molar-refractivity contribution in [1.29, 1.82) is 0 Å². The summed E-state index contributed by atoms with van der Waals surface area (Å²) in [6.45, 7) is 13.4. The fraction of sp³-hybridized carbons (Fsp3) is 0.571. The molecule has 3 heteroatoms. The van der Waals surface area contributed by atoms with Gasteiger partial charge in [-0.25, -0.2) is 0 Å². The molecule has 1 aromatic rings. The first kappa shape index (κ1) is 22.2. The van der Waals surface area contributed by atoms with Crippen LogP contribution in [0.15, 0.2) is 18.2 Å². The molecule has 0 fully saturated rings. The molecule has 0 amide bonds. The van der Waals surface area contributed by atoms with Crippen molar-refractivity contribution in [3.63, 3.8) is 0 Å². The van der Waals surface area contributed by atoms with Crippen molar-refractivity contribution < 1.29 is 103 Å². The molecule has 0 aliphatic rings. The minimum Gasteiger partial charge on any atom is -1.45 e. The quantitative estimate of drug-likeness (QED) is 0.397. The maximum absolute atomic E-state index is 4.70. The van der Waals surface area contributed by atoms with Crippen LogP contribution in [0.2, 0.25) is 0 Å². The fourth-order valence-corrected chi connectivity index (χ4v) is 2.57. The maximum Gasteiger partial charge on any atom is 1.00 e. The fourth-order valence-electron chi connectivity index (χ4n) is 1.75. The van der Waals surface area contributed by atoms with E-state index < -0.39 is 0 Å². The maximum atomic E-state index is 4.70. The third kappa shape index (κ3) is 6.48. The van der Waals surface area contributed by atoms with Crippen LogP contribution in [0.25, 0.3) is 0 Å². The van der Waals surface area contributed by atoms with Crippen molar-refractivity contribution in [2.24, 2.45) is 0 Å². The van der Waals surface area contributed by atoms with Crippen LogP contribution in [0.1, 0.15) is 52.7 Å². The van der Waals surface area contributed by atoms with Crippen molar-refractivity contribution in [3.8, 4) is 0 Å². The molecule has 0 radical (unpaired) electrons. The first-order valence-corrected chi connectivity index (χ1v) is 5.91. The van der Waals surface area contributed by atoms with Crippen LogP contribution < -0.4 is 108 Å². The van der Waals surface area contributed by atoms with Gasteiger partial charge in [0.1, 0.15) is 0 Å². The Bertz CT molecular complexity index is 327. The van der Waals surface area contributed by atoms with Gasteiger partial charge in [0.25, 0.3) is 0 Å². The van der Waals surface area contributed by atoms with Gasteiger partial charge in [-0.05, 0) is 10.8 Å². The zero-order valence-electron chi connectivity index (χ0n) is 12.7. The van der Waals surface area contributed by atoms with Crippen LogP contribution in [-0.2, 0) is 10.8 Å². The zero-order valence-corrected chi connectivity index (χ0v) is 19.8. The second-order valence-electron chi connectivity index (χ2n) is 6.20. The van der Waals surface area contributed by atoms with E-state index >= 15 is 0 Å². The summed E-state index contributed by atoms with van der Waals surface area (Å²) in [5.41, 5.74) is 2.99. The molecule has 0 unspecified atom stereocenters. The van der Waals surface area contributed by atoms with Gasteiger partial charge in [0, 0.05) is 0 Å². The average Bonchev–Trinajstić information content (AvgIpc) is 1.99. The summed E-state index contributed by atoms with van der Waals surface area (Å²) in [5.74, 6) is 0. The largest absolute Gasteiger partial charge is 1.45 e. The van der Waals surface area contributed by atoms with E-state index in [4.69, 9.17) is 9.24 Å². The van der Waals surface area contributed by atoms with Gasteiger partial charge < -0.3 is 14.5 Å². The average molecular weight is 298 g/mol. The molecule has 0 spiro atoms. The molecule has 0 aliphatic carbocycles. The van der Waals surface area contributed by atoms with E-state index in [0.717, 1.165) is 5.30 Å². The first-order chi connectivity index (χ1) is 6.64. The summed E-state index contributed by atoms with van der Waals surface area (Å²) in [6.07, 6.45) is 0. The van der Waals surface area contributed by atoms with Crippen LogP contribution in [-0.4, -0.2) is 0 Å². The molecular weight excluding hydrogens is 277 g/mol. The molecule has 0 bridgehead atoms.